The molecule has 3 saturated heterocycles. The zero-order valence-corrected chi connectivity index (χ0v) is 13.1. The Hall–Kier alpha value is -0.210. The molecular weight excluding hydrogens is 276 g/mol. The molecule has 0 amide bonds. The molecule has 3 heterocycles. The maximum absolute atomic E-state index is 12.6. The molecule has 0 bridgehead atoms. The Bertz CT molecular complexity index is 422. The van der Waals surface area contributed by atoms with Crippen LogP contribution < -0.4 is 5.32 Å². The number of hydrogen-bond donors (Lipinski definition) is 1. The lowest BCUT2D eigenvalue weighted by atomic mass is 10.0. The SMILES string of the molecule is CC1CCN(S(=O)(=O)N2CCN(C3CNC3)CC2)CC1. The van der Waals surface area contributed by atoms with Gasteiger partial charge >= 0.3 is 0 Å². The van der Waals surface area contributed by atoms with Crippen molar-refractivity contribution >= 4 is 10.2 Å². The standard InChI is InChI=1S/C13H26N4O2S/c1-12-2-4-16(5-3-12)20(18,19)17-8-6-15(7-9-17)13-10-14-11-13/h12-14H,2-11H2,1H3. The van der Waals surface area contributed by atoms with Crippen LogP contribution in [0.5, 0.6) is 0 Å². The molecule has 20 heavy (non-hydrogen) atoms. The molecule has 0 spiro atoms. The molecule has 0 aromatic carbocycles. The quantitative estimate of drug-likeness (QED) is 0.767. The lowest BCUT2D eigenvalue weighted by molar-refractivity contribution is 0.0997. The van der Waals surface area contributed by atoms with E-state index in [4.69, 9.17) is 0 Å². The fourth-order valence-corrected chi connectivity index (χ4v) is 4.83. The fraction of sp³-hybridized carbons (Fsp3) is 1.00. The van der Waals surface area contributed by atoms with Gasteiger partial charge in [0, 0.05) is 58.4 Å². The molecule has 0 radical (unpaired) electrons. The first-order chi connectivity index (χ1) is 9.57. The fourth-order valence-electron chi connectivity index (χ4n) is 3.21. The third-order valence-electron chi connectivity index (χ3n) is 4.94. The minimum atomic E-state index is -3.22. The lowest BCUT2D eigenvalue weighted by Crippen LogP contribution is -2.63. The van der Waals surface area contributed by atoms with Crippen LogP contribution in [0, 0.1) is 5.92 Å². The first kappa shape index (κ1) is 14.7. The zero-order valence-electron chi connectivity index (χ0n) is 12.3. The second kappa shape index (κ2) is 5.88. The van der Waals surface area contributed by atoms with Crippen molar-refractivity contribution in [2.75, 3.05) is 52.4 Å². The maximum atomic E-state index is 12.6. The van der Waals surface area contributed by atoms with Gasteiger partial charge in [-0.15, -0.1) is 0 Å². The van der Waals surface area contributed by atoms with Crippen molar-refractivity contribution in [2.45, 2.75) is 25.8 Å². The molecule has 0 saturated carbocycles. The molecule has 3 rings (SSSR count). The van der Waals surface area contributed by atoms with Gasteiger partial charge in [0.1, 0.15) is 0 Å². The van der Waals surface area contributed by atoms with Crippen LogP contribution in [0.15, 0.2) is 0 Å². The van der Waals surface area contributed by atoms with E-state index in [1.807, 2.05) is 0 Å². The number of hydrogen-bond acceptors (Lipinski definition) is 4. The van der Waals surface area contributed by atoms with E-state index in [0.29, 0.717) is 38.1 Å². The van der Waals surface area contributed by atoms with Crippen LogP contribution in [0.3, 0.4) is 0 Å². The van der Waals surface area contributed by atoms with Crippen LogP contribution in [0.4, 0.5) is 0 Å². The number of nitrogens with one attached hydrogen (secondary N) is 1. The van der Waals surface area contributed by atoms with Crippen LogP contribution in [0.25, 0.3) is 0 Å². The summed E-state index contributed by atoms with van der Waals surface area (Å²) in [5, 5.41) is 3.27. The smallest absolute Gasteiger partial charge is 0.282 e. The molecule has 0 unspecified atom stereocenters. The molecule has 3 aliphatic heterocycles. The highest BCUT2D eigenvalue weighted by Crippen LogP contribution is 2.22. The van der Waals surface area contributed by atoms with Gasteiger partial charge in [0.2, 0.25) is 0 Å². The Kier molecular flexibility index (Phi) is 4.33. The van der Waals surface area contributed by atoms with Crippen LogP contribution in [-0.4, -0.2) is 80.3 Å². The minimum absolute atomic E-state index is 0.621. The first-order valence-electron chi connectivity index (χ1n) is 7.77. The Balaban J connectivity index is 1.56. The van der Waals surface area contributed by atoms with Gasteiger partial charge in [-0.05, 0) is 18.8 Å². The van der Waals surface area contributed by atoms with Gasteiger partial charge in [-0.2, -0.15) is 17.0 Å². The molecule has 0 atom stereocenters. The predicted octanol–water partition coefficient (Wildman–Crippen LogP) is -0.447. The van der Waals surface area contributed by atoms with Crippen LogP contribution in [0.2, 0.25) is 0 Å². The second-order valence-electron chi connectivity index (χ2n) is 6.34. The molecule has 1 N–H and O–H groups in total. The van der Waals surface area contributed by atoms with E-state index in [0.717, 1.165) is 39.0 Å². The van der Waals surface area contributed by atoms with Crippen molar-refractivity contribution < 1.29 is 8.42 Å². The van der Waals surface area contributed by atoms with Crippen molar-refractivity contribution in [3.8, 4) is 0 Å². The van der Waals surface area contributed by atoms with E-state index in [1.54, 1.807) is 8.61 Å². The van der Waals surface area contributed by atoms with Crippen molar-refractivity contribution in [2.24, 2.45) is 5.92 Å². The molecule has 0 aromatic heterocycles. The van der Waals surface area contributed by atoms with Gasteiger partial charge < -0.3 is 5.32 Å². The average Bonchev–Trinajstić information content (AvgIpc) is 2.38. The van der Waals surface area contributed by atoms with E-state index >= 15 is 0 Å². The summed E-state index contributed by atoms with van der Waals surface area (Å²) in [6.45, 7) is 8.72. The van der Waals surface area contributed by atoms with Gasteiger partial charge in [0.25, 0.3) is 10.2 Å². The summed E-state index contributed by atoms with van der Waals surface area (Å²) >= 11 is 0. The Morgan fingerprint density at radius 1 is 0.900 bits per heavy atom. The summed E-state index contributed by atoms with van der Waals surface area (Å²) in [6.07, 6.45) is 1.99. The van der Waals surface area contributed by atoms with Gasteiger partial charge in [0.15, 0.2) is 0 Å². The largest absolute Gasteiger partial charge is 0.314 e. The highest BCUT2D eigenvalue weighted by atomic mass is 32.2. The van der Waals surface area contributed by atoms with Gasteiger partial charge in [-0.3, -0.25) is 4.90 Å². The Morgan fingerprint density at radius 2 is 1.45 bits per heavy atom. The highest BCUT2D eigenvalue weighted by molar-refractivity contribution is 7.86. The van der Waals surface area contributed by atoms with E-state index in [2.05, 4.69) is 17.1 Å². The number of nitrogens with zero attached hydrogens (tertiary/aromatic N) is 3. The summed E-state index contributed by atoms with van der Waals surface area (Å²) < 4.78 is 28.6. The van der Waals surface area contributed by atoms with E-state index in [-0.39, 0.29) is 0 Å². The predicted molar refractivity (Wildman–Crippen MR) is 78.7 cm³/mol. The third kappa shape index (κ3) is 2.87. The molecule has 6 nitrogen and oxygen atoms in total. The molecule has 3 aliphatic rings. The van der Waals surface area contributed by atoms with E-state index in [9.17, 15) is 8.42 Å². The van der Waals surface area contributed by atoms with E-state index < -0.39 is 10.2 Å². The summed E-state index contributed by atoms with van der Waals surface area (Å²) in [6, 6.07) is 0.621. The van der Waals surface area contributed by atoms with E-state index in [1.165, 1.54) is 0 Å². The summed E-state index contributed by atoms with van der Waals surface area (Å²) in [5.74, 6) is 0.657. The zero-order chi connectivity index (χ0) is 14.2. The van der Waals surface area contributed by atoms with Crippen LogP contribution in [0.1, 0.15) is 19.8 Å². The summed E-state index contributed by atoms with van der Waals surface area (Å²) in [5.41, 5.74) is 0. The number of rotatable bonds is 3. The summed E-state index contributed by atoms with van der Waals surface area (Å²) in [4.78, 5) is 2.42. The molecule has 7 heteroatoms. The minimum Gasteiger partial charge on any atom is -0.314 e. The van der Waals surface area contributed by atoms with Gasteiger partial charge in [-0.25, -0.2) is 0 Å². The molecule has 0 aliphatic carbocycles. The van der Waals surface area contributed by atoms with Crippen molar-refractivity contribution in [3.63, 3.8) is 0 Å². The Labute approximate surface area is 122 Å². The molecule has 0 aromatic rings. The maximum Gasteiger partial charge on any atom is 0.282 e. The normalized spacial score (nSPS) is 29.4. The molecular formula is C13H26N4O2S. The molecule has 3 fully saturated rings. The molecule has 116 valence electrons. The highest BCUT2D eigenvalue weighted by Gasteiger charge is 2.36. The third-order valence-corrected chi connectivity index (χ3v) is 6.98. The van der Waals surface area contributed by atoms with Crippen LogP contribution >= 0.6 is 0 Å². The van der Waals surface area contributed by atoms with Crippen LogP contribution in [-0.2, 0) is 10.2 Å². The van der Waals surface area contributed by atoms with Gasteiger partial charge in [-0.1, -0.05) is 6.92 Å². The summed E-state index contributed by atoms with van der Waals surface area (Å²) in [7, 11) is -3.22. The van der Waals surface area contributed by atoms with Crippen molar-refractivity contribution in [3.05, 3.63) is 0 Å². The van der Waals surface area contributed by atoms with Crippen molar-refractivity contribution in [1.29, 1.82) is 0 Å². The second-order valence-corrected chi connectivity index (χ2v) is 8.26. The Morgan fingerprint density at radius 3 is 1.95 bits per heavy atom. The first-order valence-corrected chi connectivity index (χ1v) is 9.17. The van der Waals surface area contributed by atoms with Gasteiger partial charge in [0.05, 0.1) is 0 Å². The van der Waals surface area contributed by atoms with Crippen molar-refractivity contribution in [1.82, 2.24) is 18.8 Å². The number of piperidine rings is 1. The lowest BCUT2D eigenvalue weighted by Gasteiger charge is -2.44. The monoisotopic (exact) mass is 302 g/mol. The number of piperazine rings is 1. The topological polar surface area (TPSA) is 55.9 Å². The average molecular weight is 302 g/mol.